The zero-order valence-electron chi connectivity index (χ0n) is 16.0. The fraction of sp³-hybridized carbons (Fsp3) is 0.429. The topological polar surface area (TPSA) is 86.6 Å². The molecule has 3 N–H and O–H groups in total. The van der Waals surface area contributed by atoms with E-state index in [2.05, 4.69) is 45.1 Å². The molecule has 0 radical (unpaired) electrons. The number of nitrogens with one attached hydrogen (secondary N) is 3. The van der Waals surface area contributed by atoms with E-state index >= 15 is 0 Å². The van der Waals surface area contributed by atoms with E-state index in [9.17, 15) is 9.59 Å². The molecule has 0 bridgehead atoms. The number of rotatable bonds is 8. The first kappa shape index (κ1) is 19.9. The van der Waals surface area contributed by atoms with Gasteiger partial charge in [0.05, 0.1) is 19.4 Å². The van der Waals surface area contributed by atoms with Crippen molar-refractivity contribution in [2.24, 2.45) is 5.92 Å². The Balaban J connectivity index is 1.25. The van der Waals surface area contributed by atoms with E-state index in [1.54, 1.807) is 18.4 Å². The van der Waals surface area contributed by atoms with Crippen molar-refractivity contribution < 1.29 is 14.0 Å². The predicted octanol–water partition coefficient (Wildman–Crippen LogP) is 2.11. The highest BCUT2D eigenvalue weighted by molar-refractivity contribution is 5.83. The van der Waals surface area contributed by atoms with Crippen molar-refractivity contribution in [3.8, 4) is 0 Å². The number of piperidine rings is 1. The summed E-state index contributed by atoms with van der Waals surface area (Å²) in [6, 6.07) is 13.7. The van der Waals surface area contributed by atoms with Gasteiger partial charge in [0, 0.05) is 13.1 Å². The van der Waals surface area contributed by atoms with Gasteiger partial charge in [0.25, 0.3) is 0 Å². The second-order valence-corrected chi connectivity index (χ2v) is 7.12. The average Bonchev–Trinajstić information content (AvgIpc) is 3.25. The first-order valence-electron chi connectivity index (χ1n) is 9.76. The van der Waals surface area contributed by atoms with Crippen LogP contribution in [0.1, 0.15) is 24.2 Å². The third kappa shape index (κ3) is 6.74. The molecule has 2 aromatic rings. The highest BCUT2D eigenvalue weighted by Crippen LogP contribution is 2.18. The van der Waals surface area contributed by atoms with Gasteiger partial charge in [0.2, 0.25) is 5.91 Å². The molecule has 3 rings (SSSR count). The molecule has 0 saturated carbocycles. The molecule has 0 aliphatic carbocycles. The van der Waals surface area contributed by atoms with Gasteiger partial charge in [-0.15, -0.1) is 0 Å². The quantitative estimate of drug-likeness (QED) is 0.651. The standard InChI is InChI=1S/C21H28N4O3/c26-20(22-14-19-7-4-12-28-19)15-24-21(27)23-13-17-8-10-25(11-9-17)16-18-5-2-1-3-6-18/h1-7,12,17H,8-11,13-16H2,(H,22,26)(H2,23,24,27). The molecule has 1 aliphatic rings. The number of hydrogen-bond donors (Lipinski definition) is 3. The van der Waals surface area contributed by atoms with Crippen LogP contribution in [0.3, 0.4) is 0 Å². The number of nitrogens with zero attached hydrogens (tertiary/aromatic N) is 1. The summed E-state index contributed by atoms with van der Waals surface area (Å²) in [7, 11) is 0. The number of benzene rings is 1. The number of hydrogen-bond acceptors (Lipinski definition) is 4. The maximum Gasteiger partial charge on any atom is 0.315 e. The number of carbonyl (C=O) groups excluding carboxylic acids is 2. The number of amides is 3. The Morgan fingerprint density at radius 3 is 2.50 bits per heavy atom. The molecule has 150 valence electrons. The molecule has 1 aromatic heterocycles. The fourth-order valence-electron chi connectivity index (χ4n) is 3.31. The number of urea groups is 1. The minimum Gasteiger partial charge on any atom is -0.467 e. The lowest BCUT2D eigenvalue weighted by atomic mass is 9.96. The maximum absolute atomic E-state index is 11.9. The second kappa shape index (κ2) is 10.5. The summed E-state index contributed by atoms with van der Waals surface area (Å²) in [5.74, 6) is 0.905. The van der Waals surface area contributed by atoms with Crippen molar-refractivity contribution in [1.29, 1.82) is 0 Å². The Kier molecular flexibility index (Phi) is 7.49. The van der Waals surface area contributed by atoms with Gasteiger partial charge in [-0.25, -0.2) is 4.79 Å². The smallest absolute Gasteiger partial charge is 0.315 e. The van der Waals surface area contributed by atoms with Crippen LogP contribution in [-0.2, 0) is 17.9 Å². The monoisotopic (exact) mass is 384 g/mol. The minimum absolute atomic E-state index is 0.0535. The van der Waals surface area contributed by atoms with Crippen LogP contribution in [0.15, 0.2) is 53.1 Å². The molecule has 0 spiro atoms. The predicted molar refractivity (Wildman–Crippen MR) is 106 cm³/mol. The van der Waals surface area contributed by atoms with Crippen molar-refractivity contribution in [1.82, 2.24) is 20.9 Å². The summed E-state index contributed by atoms with van der Waals surface area (Å²) >= 11 is 0. The molecular formula is C21H28N4O3. The van der Waals surface area contributed by atoms with E-state index in [0.29, 0.717) is 24.8 Å². The normalized spacial score (nSPS) is 15.1. The van der Waals surface area contributed by atoms with Crippen molar-refractivity contribution in [2.45, 2.75) is 25.9 Å². The first-order chi connectivity index (χ1) is 13.7. The van der Waals surface area contributed by atoms with Crippen molar-refractivity contribution >= 4 is 11.9 Å². The third-order valence-electron chi connectivity index (χ3n) is 4.96. The van der Waals surface area contributed by atoms with Gasteiger partial charge in [0.15, 0.2) is 0 Å². The van der Waals surface area contributed by atoms with Gasteiger partial charge in [-0.3, -0.25) is 9.69 Å². The van der Waals surface area contributed by atoms with Crippen LogP contribution >= 0.6 is 0 Å². The van der Waals surface area contributed by atoms with E-state index in [4.69, 9.17) is 4.42 Å². The van der Waals surface area contributed by atoms with Crippen LogP contribution in [0.25, 0.3) is 0 Å². The van der Waals surface area contributed by atoms with Crippen molar-refractivity contribution in [2.75, 3.05) is 26.2 Å². The van der Waals surface area contributed by atoms with E-state index in [-0.39, 0.29) is 18.5 Å². The molecule has 0 unspecified atom stereocenters. The Labute approximate surface area is 165 Å². The summed E-state index contributed by atoms with van der Waals surface area (Å²) in [5.41, 5.74) is 1.34. The van der Waals surface area contributed by atoms with Crippen LogP contribution in [0.5, 0.6) is 0 Å². The molecule has 1 fully saturated rings. The molecule has 1 aromatic carbocycles. The molecule has 0 atom stereocenters. The van der Waals surface area contributed by atoms with Gasteiger partial charge in [0.1, 0.15) is 5.76 Å². The zero-order valence-corrected chi connectivity index (χ0v) is 16.0. The summed E-state index contributed by atoms with van der Waals surface area (Å²) < 4.78 is 5.14. The first-order valence-corrected chi connectivity index (χ1v) is 9.76. The molecule has 1 aliphatic heterocycles. The van der Waals surface area contributed by atoms with Crippen molar-refractivity contribution in [3.63, 3.8) is 0 Å². The number of carbonyl (C=O) groups is 2. The lowest BCUT2D eigenvalue weighted by Crippen LogP contribution is -2.44. The summed E-state index contributed by atoms with van der Waals surface area (Å²) in [6.07, 6.45) is 3.69. The Morgan fingerprint density at radius 2 is 1.79 bits per heavy atom. The lowest BCUT2D eigenvalue weighted by molar-refractivity contribution is -0.120. The van der Waals surface area contributed by atoms with E-state index in [1.165, 1.54) is 5.56 Å². The minimum atomic E-state index is -0.306. The summed E-state index contributed by atoms with van der Waals surface area (Å²) in [4.78, 5) is 26.1. The SMILES string of the molecule is O=C(CNC(=O)NCC1CCN(Cc2ccccc2)CC1)NCc1ccco1. The largest absolute Gasteiger partial charge is 0.467 e. The van der Waals surface area contributed by atoms with Crippen LogP contribution < -0.4 is 16.0 Å². The maximum atomic E-state index is 11.9. The molecule has 7 nitrogen and oxygen atoms in total. The van der Waals surface area contributed by atoms with Gasteiger partial charge in [-0.1, -0.05) is 30.3 Å². The molecular weight excluding hydrogens is 356 g/mol. The summed E-state index contributed by atoms with van der Waals surface area (Å²) in [6.45, 7) is 3.96. The van der Waals surface area contributed by atoms with Gasteiger partial charge >= 0.3 is 6.03 Å². The van der Waals surface area contributed by atoms with Crippen LogP contribution in [-0.4, -0.2) is 43.0 Å². The number of likely N-dealkylation sites (tertiary alicyclic amines) is 1. The van der Waals surface area contributed by atoms with Gasteiger partial charge in [-0.05, 0) is 49.5 Å². The van der Waals surface area contributed by atoms with E-state index in [1.807, 2.05) is 6.07 Å². The van der Waals surface area contributed by atoms with Crippen molar-refractivity contribution in [3.05, 3.63) is 60.1 Å². The Bertz CT molecular complexity index is 725. The highest BCUT2D eigenvalue weighted by Gasteiger charge is 2.19. The fourth-order valence-corrected chi connectivity index (χ4v) is 3.31. The molecule has 28 heavy (non-hydrogen) atoms. The lowest BCUT2D eigenvalue weighted by Gasteiger charge is -2.32. The zero-order chi connectivity index (χ0) is 19.6. The third-order valence-corrected chi connectivity index (χ3v) is 4.96. The molecule has 7 heteroatoms. The molecule has 2 heterocycles. The van der Waals surface area contributed by atoms with Gasteiger partial charge < -0.3 is 20.4 Å². The average molecular weight is 384 g/mol. The summed E-state index contributed by atoms with van der Waals surface area (Å²) in [5, 5.41) is 8.16. The van der Waals surface area contributed by atoms with Crippen LogP contribution in [0, 0.1) is 5.92 Å². The Morgan fingerprint density at radius 1 is 1.00 bits per heavy atom. The Hall–Kier alpha value is -2.80. The second-order valence-electron chi connectivity index (χ2n) is 7.12. The van der Waals surface area contributed by atoms with Crippen LogP contribution in [0.2, 0.25) is 0 Å². The molecule has 1 saturated heterocycles. The van der Waals surface area contributed by atoms with Gasteiger partial charge in [-0.2, -0.15) is 0 Å². The molecule has 3 amide bonds. The highest BCUT2D eigenvalue weighted by atomic mass is 16.3. The van der Waals surface area contributed by atoms with E-state index in [0.717, 1.165) is 32.5 Å². The van der Waals surface area contributed by atoms with E-state index < -0.39 is 0 Å². The number of furan rings is 1. The van der Waals surface area contributed by atoms with Crippen LogP contribution in [0.4, 0.5) is 4.79 Å².